The number of carbonyl (C=O) groups is 1. The highest BCUT2D eigenvalue weighted by Gasteiger charge is 2.31. The molecule has 1 atom stereocenters. The Labute approximate surface area is 208 Å². The van der Waals surface area contributed by atoms with E-state index in [9.17, 15) is 4.79 Å². The number of pyridine rings is 1. The predicted octanol–water partition coefficient (Wildman–Crippen LogP) is 5.97. The predicted molar refractivity (Wildman–Crippen MR) is 142 cm³/mol. The molecule has 0 saturated heterocycles. The van der Waals surface area contributed by atoms with E-state index >= 15 is 0 Å². The molecule has 4 rings (SSSR count). The van der Waals surface area contributed by atoms with Gasteiger partial charge in [-0.2, -0.15) is 0 Å². The average molecular weight is 470 g/mol. The molecule has 0 aliphatic heterocycles. The van der Waals surface area contributed by atoms with Crippen LogP contribution in [0.1, 0.15) is 49.9 Å². The normalized spacial score (nSPS) is 12.5. The van der Waals surface area contributed by atoms with Crippen molar-refractivity contribution in [2.75, 3.05) is 13.7 Å². The number of nitrogens with one attached hydrogen (secondary N) is 1. The number of carbonyl (C=O) groups excluding carboxylic acids is 1. The zero-order valence-electron chi connectivity index (χ0n) is 21.1. The van der Waals surface area contributed by atoms with Crippen molar-refractivity contribution in [3.8, 4) is 5.75 Å². The van der Waals surface area contributed by atoms with Gasteiger partial charge in [-0.3, -0.25) is 9.78 Å². The van der Waals surface area contributed by atoms with Gasteiger partial charge in [-0.05, 0) is 52.8 Å². The fourth-order valence-electron chi connectivity index (χ4n) is 4.63. The Morgan fingerprint density at radius 3 is 2.46 bits per heavy atom. The minimum atomic E-state index is -0.0760. The van der Waals surface area contributed by atoms with Crippen molar-refractivity contribution in [3.63, 3.8) is 0 Å². The van der Waals surface area contributed by atoms with Gasteiger partial charge in [0.25, 0.3) is 0 Å². The molecule has 0 spiro atoms. The van der Waals surface area contributed by atoms with Crippen LogP contribution >= 0.6 is 0 Å². The maximum Gasteiger partial charge on any atom is 0.220 e. The monoisotopic (exact) mass is 469 g/mol. The number of methoxy groups -OCH3 is 1. The summed E-state index contributed by atoms with van der Waals surface area (Å²) >= 11 is 0. The minimum Gasteiger partial charge on any atom is -0.497 e. The summed E-state index contributed by atoms with van der Waals surface area (Å²) < 4.78 is 7.60. The van der Waals surface area contributed by atoms with Crippen molar-refractivity contribution in [2.45, 2.75) is 46.1 Å². The minimum absolute atomic E-state index is 0.0760. The van der Waals surface area contributed by atoms with Gasteiger partial charge < -0.3 is 14.6 Å². The molecule has 182 valence electrons. The Kier molecular flexibility index (Phi) is 7.54. The largest absolute Gasteiger partial charge is 0.497 e. The average Bonchev–Trinajstić information content (AvgIpc) is 3.21. The zero-order valence-corrected chi connectivity index (χ0v) is 21.1. The third-order valence-corrected chi connectivity index (χ3v) is 6.57. The molecule has 5 nitrogen and oxygen atoms in total. The van der Waals surface area contributed by atoms with E-state index in [0.717, 1.165) is 24.4 Å². The third kappa shape index (κ3) is 6.10. The maximum absolute atomic E-state index is 13.0. The molecule has 0 radical (unpaired) electrons. The van der Waals surface area contributed by atoms with Crippen molar-refractivity contribution < 1.29 is 9.53 Å². The first-order chi connectivity index (χ1) is 16.8. The van der Waals surface area contributed by atoms with Crippen molar-refractivity contribution in [1.82, 2.24) is 14.9 Å². The van der Waals surface area contributed by atoms with Crippen LogP contribution in [-0.4, -0.2) is 29.1 Å². The number of ether oxygens (including phenoxy) is 1. The van der Waals surface area contributed by atoms with Gasteiger partial charge in [0, 0.05) is 54.9 Å². The lowest BCUT2D eigenvalue weighted by Gasteiger charge is -2.30. The topological polar surface area (TPSA) is 56.1 Å². The number of amides is 1. The molecular weight excluding hydrogens is 434 g/mol. The summed E-state index contributed by atoms with van der Waals surface area (Å²) in [5.41, 5.74) is 4.52. The van der Waals surface area contributed by atoms with Crippen LogP contribution in [0, 0.1) is 5.41 Å². The van der Waals surface area contributed by atoms with Crippen molar-refractivity contribution >= 4 is 16.8 Å². The lowest BCUT2D eigenvalue weighted by Crippen LogP contribution is -2.30. The van der Waals surface area contributed by atoms with Gasteiger partial charge in [-0.15, -0.1) is 0 Å². The molecule has 1 N–H and O–H groups in total. The second-order valence-corrected chi connectivity index (χ2v) is 10.1. The third-order valence-electron chi connectivity index (χ3n) is 6.57. The summed E-state index contributed by atoms with van der Waals surface area (Å²) in [4.78, 5) is 17.4. The second-order valence-electron chi connectivity index (χ2n) is 10.1. The molecular formula is C30H35N3O2. The standard InChI is InChI=1S/C30H35N3O2/c1-30(2,3)27(19-29(34)32-18-16-23-9-7-8-17-31-23)26-21-33(28-11-6-5-10-25(26)28)20-22-12-14-24(35-4)15-13-22/h5-15,17,21,27H,16,18-20H2,1-4H3,(H,32,34)/t27-/m0/s1. The second kappa shape index (κ2) is 10.8. The Balaban J connectivity index is 1.55. The molecule has 2 heterocycles. The summed E-state index contributed by atoms with van der Waals surface area (Å²) in [6.07, 6.45) is 5.21. The van der Waals surface area contributed by atoms with Crippen LogP contribution in [-0.2, 0) is 17.8 Å². The molecule has 5 heteroatoms. The summed E-state index contributed by atoms with van der Waals surface area (Å²) in [7, 11) is 1.68. The highest BCUT2D eigenvalue weighted by molar-refractivity contribution is 5.86. The molecule has 2 aromatic heterocycles. The fourth-order valence-corrected chi connectivity index (χ4v) is 4.63. The van der Waals surface area contributed by atoms with Gasteiger partial charge in [0.15, 0.2) is 0 Å². The summed E-state index contributed by atoms with van der Waals surface area (Å²) in [5, 5.41) is 4.32. The number of fused-ring (bicyclic) bond motifs is 1. The number of nitrogens with zero attached hydrogens (tertiary/aromatic N) is 2. The molecule has 0 aliphatic rings. The van der Waals surface area contributed by atoms with Gasteiger partial charge in [0.2, 0.25) is 5.91 Å². The van der Waals surface area contributed by atoms with Crippen molar-refractivity contribution in [2.24, 2.45) is 5.41 Å². The van der Waals surface area contributed by atoms with E-state index in [1.54, 1.807) is 13.3 Å². The Hall–Kier alpha value is -3.60. The van der Waals surface area contributed by atoms with E-state index in [-0.39, 0.29) is 17.2 Å². The molecule has 0 fully saturated rings. The van der Waals surface area contributed by atoms with Gasteiger partial charge in [0.05, 0.1) is 7.11 Å². The van der Waals surface area contributed by atoms with E-state index < -0.39 is 0 Å². The lowest BCUT2D eigenvalue weighted by atomic mass is 9.74. The number of para-hydroxylation sites is 1. The van der Waals surface area contributed by atoms with Crippen molar-refractivity contribution in [3.05, 3.63) is 95.9 Å². The maximum atomic E-state index is 13.0. The Bertz CT molecular complexity index is 1250. The highest BCUT2D eigenvalue weighted by Crippen LogP contribution is 2.41. The van der Waals surface area contributed by atoms with Gasteiger partial charge in [0.1, 0.15) is 5.75 Å². The summed E-state index contributed by atoms with van der Waals surface area (Å²) in [6, 6.07) is 22.5. The van der Waals surface area contributed by atoms with E-state index in [1.165, 1.54) is 22.0 Å². The number of rotatable bonds is 9. The smallest absolute Gasteiger partial charge is 0.220 e. The summed E-state index contributed by atoms with van der Waals surface area (Å²) in [5.74, 6) is 1.01. The molecule has 0 saturated carbocycles. The Morgan fingerprint density at radius 2 is 1.77 bits per heavy atom. The molecule has 0 aliphatic carbocycles. The first-order valence-electron chi connectivity index (χ1n) is 12.2. The number of aromatic nitrogens is 2. The fraction of sp³-hybridized carbons (Fsp3) is 0.333. The highest BCUT2D eigenvalue weighted by atomic mass is 16.5. The molecule has 0 bridgehead atoms. The summed E-state index contributed by atoms with van der Waals surface area (Å²) in [6.45, 7) is 8.00. The molecule has 1 amide bonds. The molecule has 2 aromatic carbocycles. The van der Waals surface area contributed by atoms with Crippen LogP contribution in [0.5, 0.6) is 5.75 Å². The van der Waals surface area contributed by atoms with Crippen LogP contribution < -0.4 is 10.1 Å². The van der Waals surface area contributed by atoms with Crippen LogP contribution in [0.4, 0.5) is 0 Å². The SMILES string of the molecule is COc1ccc(Cn2cc([C@H](CC(=O)NCCc3ccccn3)C(C)(C)C)c3ccccc32)cc1. The quantitative estimate of drug-likeness (QED) is 0.328. The zero-order chi connectivity index (χ0) is 24.8. The van der Waals surface area contributed by atoms with Gasteiger partial charge in [-0.25, -0.2) is 0 Å². The number of hydrogen-bond acceptors (Lipinski definition) is 3. The van der Waals surface area contributed by atoms with Gasteiger partial charge >= 0.3 is 0 Å². The first-order valence-corrected chi connectivity index (χ1v) is 12.2. The van der Waals surface area contributed by atoms with Crippen LogP contribution in [0.3, 0.4) is 0 Å². The lowest BCUT2D eigenvalue weighted by molar-refractivity contribution is -0.122. The Morgan fingerprint density at radius 1 is 1.03 bits per heavy atom. The number of hydrogen-bond donors (Lipinski definition) is 1. The molecule has 0 unspecified atom stereocenters. The van der Waals surface area contributed by atoms with E-state index in [2.05, 4.69) is 78.2 Å². The molecule has 35 heavy (non-hydrogen) atoms. The molecule has 4 aromatic rings. The van der Waals surface area contributed by atoms with E-state index in [0.29, 0.717) is 13.0 Å². The number of benzene rings is 2. The van der Waals surface area contributed by atoms with Crippen LogP contribution in [0.15, 0.2) is 79.1 Å². The van der Waals surface area contributed by atoms with Crippen LogP contribution in [0.25, 0.3) is 10.9 Å². The van der Waals surface area contributed by atoms with Crippen LogP contribution in [0.2, 0.25) is 0 Å². The first kappa shape index (κ1) is 24.5. The van der Waals surface area contributed by atoms with E-state index in [1.807, 2.05) is 30.3 Å². The van der Waals surface area contributed by atoms with Crippen molar-refractivity contribution in [1.29, 1.82) is 0 Å². The van der Waals surface area contributed by atoms with E-state index in [4.69, 9.17) is 4.74 Å². The van der Waals surface area contributed by atoms with Gasteiger partial charge in [-0.1, -0.05) is 57.2 Å².